The van der Waals surface area contributed by atoms with Crippen LogP contribution in [-0.4, -0.2) is 46.1 Å². The molecule has 49 heavy (non-hydrogen) atoms. The molecule has 0 saturated carbocycles. The number of allylic oxidation sites excluding steroid dienone is 2. The van der Waals surface area contributed by atoms with E-state index in [2.05, 4.69) is 31.3 Å². The Balaban J connectivity index is 3.56. The van der Waals surface area contributed by atoms with Gasteiger partial charge in [0.1, 0.15) is 0 Å². The summed E-state index contributed by atoms with van der Waals surface area (Å²) in [4.78, 5) is 12.4. The van der Waals surface area contributed by atoms with Gasteiger partial charge in [-0.1, -0.05) is 206 Å². The fourth-order valence-electron chi connectivity index (χ4n) is 6.94. The number of carbonyl (C=O) groups is 1. The SMILES string of the molecule is CCCCCCCC/C=C\CCCC(O)CC(=O)NC(CO)C(O)CCCCCCCCCCCCCCCCCCCCCCCCC. The molecule has 0 spiro atoms. The van der Waals surface area contributed by atoms with E-state index in [1.165, 1.54) is 173 Å². The van der Waals surface area contributed by atoms with Gasteiger partial charge in [0.25, 0.3) is 0 Å². The van der Waals surface area contributed by atoms with E-state index in [4.69, 9.17) is 0 Å². The van der Waals surface area contributed by atoms with Crippen molar-refractivity contribution in [3.05, 3.63) is 12.2 Å². The normalized spacial score (nSPS) is 13.7. The molecule has 0 aliphatic carbocycles. The molecule has 3 atom stereocenters. The van der Waals surface area contributed by atoms with E-state index in [0.717, 1.165) is 32.1 Å². The highest BCUT2D eigenvalue weighted by Crippen LogP contribution is 2.16. The summed E-state index contributed by atoms with van der Waals surface area (Å²) in [5, 5.41) is 33.3. The van der Waals surface area contributed by atoms with E-state index < -0.39 is 18.2 Å². The minimum Gasteiger partial charge on any atom is -0.394 e. The van der Waals surface area contributed by atoms with E-state index >= 15 is 0 Å². The third-order valence-corrected chi connectivity index (χ3v) is 10.3. The molecule has 0 aromatic rings. The van der Waals surface area contributed by atoms with Gasteiger partial charge in [-0.15, -0.1) is 0 Å². The molecule has 5 heteroatoms. The Morgan fingerprint density at radius 2 is 0.837 bits per heavy atom. The Bertz CT molecular complexity index is 684. The standard InChI is InChI=1S/C44H87NO4/c1-3-5-7-9-11-13-15-16-17-18-19-20-21-22-23-24-25-26-28-30-32-34-36-38-43(48)42(40-46)45-44(49)39-41(47)37-35-33-31-29-27-14-12-10-8-6-4-2/h29,31,41-43,46-48H,3-28,30,32-40H2,1-2H3,(H,45,49)/b31-29-. The van der Waals surface area contributed by atoms with Crippen LogP contribution in [0.5, 0.6) is 0 Å². The molecule has 0 rings (SSSR count). The van der Waals surface area contributed by atoms with Crippen LogP contribution in [0.25, 0.3) is 0 Å². The topological polar surface area (TPSA) is 89.8 Å². The fraction of sp³-hybridized carbons (Fsp3) is 0.932. The molecule has 5 nitrogen and oxygen atoms in total. The molecule has 0 heterocycles. The van der Waals surface area contributed by atoms with Crippen molar-refractivity contribution in [3.63, 3.8) is 0 Å². The van der Waals surface area contributed by atoms with E-state index in [1.54, 1.807) is 0 Å². The summed E-state index contributed by atoms with van der Waals surface area (Å²) in [6, 6.07) is -0.663. The van der Waals surface area contributed by atoms with E-state index in [-0.39, 0.29) is 18.9 Å². The number of amides is 1. The number of hydrogen-bond donors (Lipinski definition) is 4. The second-order valence-corrected chi connectivity index (χ2v) is 15.3. The minimum absolute atomic E-state index is 0.0180. The van der Waals surface area contributed by atoms with Gasteiger partial charge in [-0.3, -0.25) is 4.79 Å². The zero-order valence-electron chi connectivity index (χ0n) is 33.1. The maximum Gasteiger partial charge on any atom is 0.222 e. The van der Waals surface area contributed by atoms with Crippen molar-refractivity contribution in [2.75, 3.05) is 6.61 Å². The summed E-state index contributed by atoms with van der Waals surface area (Å²) in [7, 11) is 0. The van der Waals surface area contributed by atoms with Gasteiger partial charge in [-0.05, 0) is 38.5 Å². The Morgan fingerprint density at radius 3 is 1.22 bits per heavy atom. The Kier molecular flexibility index (Phi) is 39.1. The second-order valence-electron chi connectivity index (χ2n) is 15.3. The summed E-state index contributed by atoms with van der Waals surface area (Å²) < 4.78 is 0. The van der Waals surface area contributed by atoms with Crippen molar-refractivity contribution in [1.29, 1.82) is 0 Å². The van der Waals surface area contributed by atoms with Crippen molar-refractivity contribution in [1.82, 2.24) is 5.32 Å². The van der Waals surface area contributed by atoms with Crippen molar-refractivity contribution in [3.8, 4) is 0 Å². The Hall–Kier alpha value is -0.910. The van der Waals surface area contributed by atoms with Crippen molar-refractivity contribution >= 4 is 5.91 Å². The molecule has 0 saturated heterocycles. The number of unbranched alkanes of at least 4 members (excludes halogenated alkanes) is 29. The summed E-state index contributed by atoms with van der Waals surface area (Å²) in [6.07, 6.45) is 46.2. The second kappa shape index (κ2) is 39.9. The maximum absolute atomic E-state index is 12.4. The molecule has 0 fully saturated rings. The van der Waals surface area contributed by atoms with E-state index in [9.17, 15) is 20.1 Å². The monoisotopic (exact) mass is 694 g/mol. The summed E-state index contributed by atoms with van der Waals surface area (Å²) in [6.45, 7) is 4.25. The number of rotatable bonds is 40. The lowest BCUT2D eigenvalue weighted by molar-refractivity contribution is -0.125. The molecule has 0 bridgehead atoms. The summed E-state index contributed by atoms with van der Waals surface area (Å²) in [5.41, 5.74) is 0. The van der Waals surface area contributed by atoms with Crippen molar-refractivity contribution < 1.29 is 20.1 Å². The molecule has 3 unspecified atom stereocenters. The van der Waals surface area contributed by atoms with Gasteiger partial charge in [-0.2, -0.15) is 0 Å². The molecule has 0 aliphatic rings. The first-order valence-electron chi connectivity index (χ1n) is 22.0. The van der Waals surface area contributed by atoms with Gasteiger partial charge >= 0.3 is 0 Å². The molecule has 1 amide bonds. The zero-order chi connectivity index (χ0) is 35.9. The predicted octanol–water partition coefficient (Wildman–Crippen LogP) is 12.4. The molecule has 292 valence electrons. The first-order chi connectivity index (χ1) is 24.0. The average molecular weight is 694 g/mol. The summed E-state index contributed by atoms with van der Waals surface area (Å²) in [5.74, 6) is -0.298. The molecule has 0 aromatic carbocycles. The van der Waals surface area contributed by atoms with Crippen LogP contribution in [0.2, 0.25) is 0 Å². The largest absolute Gasteiger partial charge is 0.394 e. The lowest BCUT2D eigenvalue weighted by atomic mass is 10.0. The minimum atomic E-state index is -0.752. The van der Waals surface area contributed by atoms with E-state index in [1.807, 2.05) is 0 Å². The summed E-state index contributed by atoms with van der Waals surface area (Å²) >= 11 is 0. The molecular formula is C44H87NO4. The van der Waals surface area contributed by atoms with Crippen LogP contribution in [0.15, 0.2) is 12.2 Å². The third kappa shape index (κ3) is 36.7. The van der Waals surface area contributed by atoms with E-state index in [0.29, 0.717) is 12.8 Å². The predicted molar refractivity (Wildman–Crippen MR) is 213 cm³/mol. The van der Waals surface area contributed by atoms with Crippen LogP contribution in [0.4, 0.5) is 0 Å². The molecule has 0 aromatic heterocycles. The highest BCUT2D eigenvalue weighted by molar-refractivity contribution is 5.76. The van der Waals surface area contributed by atoms with Gasteiger partial charge in [0.05, 0.1) is 31.3 Å². The fourth-order valence-corrected chi connectivity index (χ4v) is 6.94. The number of carbonyl (C=O) groups excluding carboxylic acids is 1. The zero-order valence-corrected chi connectivity index (χ0v) is 33.1. The maximum atomic E-state index is 12.4. The Labute approximate surface area is 306 Å². The lowest BCUT2D eigenvalue weighted by Gasteiger charge is -2.23. The highest BCUT2D eigenvalue weighted by atomic mass is 16.3. The first-order valence-corrected chi connectivity index (χ1v) is 22.0. The molecular weight excluding hydrogens is 606 g/mol. The molecule has 0 aliphatic heterocycles. The number of hydrogen-bond acceptors (Lipinski definition) is 4. The van der Waals surface area contributed by atoms with Crippen LogP contribution in [0.3, 0.4) is 0 Å². The molecule has 4 N–H and O–H groups in total. The van der Waals surface area contributed by atoms with Gasteiger partial charge < -0.3 is 20.6 Å². The first kappa shape index (κ1) is 48.1. The number of nitrogens with one attached hydrogen (secondary N) is 1. The van der Waals surface area contributed by atoms with Gasteiger partial charge in [0, 0.05) is 0 Å². The quantitative estimate of drug-likeness (QED) is 0.0380. The van der Waals surface area contributed by atoms with Gasteiger partial charge in [0.15, 0.2) is 0 Å². The van der Waals surface area contributed by atoms with Crippen LogP contribution in [0.1, 0.15) is 239 Å². The van der Waals surface area contributed by atoms with Crippen LogP contribution < -0.4 is 5.32 Å². The van der Waals surface area contributed by atoms with Crippen molar-refractivity contribution in [2.24, 2.45) is 0 Å². The smallest absolute Gasteiger partial charge is 0.222 e. The third-order valence-electron chi connectivity index (χ3n) is 10.3. The van der Waals surface area contributed by atoms with Gasteiger partial charge in [0.2, 0.25) is 5.91 Å². The highest BCUT2D eigenvalue weighted by Gasteiger charge is 2.21. The number of aliphatic hydroxyl groups excluding tert-OH is 3. The average Bonchev–Trinajstić information content (AvgIpc) is 3.09. The lowest BCUT2D eigenvalue weighted by Crippen LogP contribution is -2.46. The van der Waals surface area contributed by atoms with Crippen LogP contribution in [-0.2, 0) is 4.79 Å². The van der Waals surface area contributed by atoms with Crippen LogP contribution >= 0.6 is 0 Å². The van der Waals surface area contributed by atoms with Crippen LogP contribution in [0, 0.1) is 0 Å². The molecule has 0 radical (unpaired) electrons. The van der Waals surface area contributed by atoms with Crippen molar-refractivity contribution in [2.45, 2.75) is 257 Å². The number of aliphatic hydroxyl groups is 3. The Morgan fingerprint density at radius 1 is 0.490 bits per heavy atom. The van der Waals surface area contributed by atoms with Gasteiger partial charge in [-0.25, -0.2) is 0 Å².